The average molecular weight is 203 g/mol. The molecule has 2 rings (SSSR count). The molecule has 2 saturated heterocycles. The Morgan fingerprint density at radius 3 is 2.79 bits per heavy atom. The van der Waals surface area contributed by atoms with Crippen LogP contribution in [0.5, 0.6) is 0 Å². The van der Waals surface area contributed by atoms with Crippen LogP contribution in [0.1, 0.15) is 6.92 Å². The zero-order chi connectivity index (χ0) is 10.3. The van der Waals surface area contributed by atoms with E-state index in [2.05, 4.69) is 5.32 Å². The predicted octanol–water partition coefficient (Wildman–Crippen LogP) is -2.03. The molecule has 0 aromatic heterocycles. The van der Waals surface area contributed by atoms with E-state index < -0.39 is 30.6 Å². The Bertz CT molecular complexity index is 246. The Morgan fingerprint density at radius 2 is 2.14 bits per heavy atom. The normalized spacial score (nSPS) is 46.4. The predicted molar refractivity (Wildman–Crippen MR) is 44.2 cm³/mol. The van der Waals surface area contributed by atoms with Gasteiger partial charge < -0.3 is 25.0 Å². The van der Waals surface area contributed by atoms with E-state index in [0.717, 1.165) is 0 Å². The Labute approximate surface area is 80.8 Å². The lowest BCUT2D eigenvalue weighted by Gasteiger charge is -2.18. The van der Waals surface area contributed by atoms with Gasteiger partial charge in [0, 0.05) is 6.92 Å². The highest BCUT2D eigenvalue weighted by Crippen LogP contribution is 2.30. The highest BCUT2D eigenvalue weighted by molar-refractivity contribution is 5.73. The number of hydrogen-bond donors (Lipinski definition) is 3. The summed E-state index contributed by atoms with van der Waals surface area (Å²) in [6.07, 6.45) is -2.83. The number of rotatable bonds is 1. The summed E-state index contributed by atoms with van der Waals surface area (Å²) in [5.74, 6) is -0.261. The number of carbonyl (C=O) groups is 1. The third-order valence-corrected chi connectivity index (χ3v) is 2.49. The van der Waals surface area contributed by atoms with Crippen molar-refractivity contribution < 1.29 is 24.5 Å². The molecule has 1 unspecified atom stereocenters. The fourth-order valence-electron chi connectivity index (χ4n) is 1.89. The van der Waals surface area contributed by atoms with E-state index in [0.29, 0.717) is 0 Å². The molecular formula is C8H13NO5. The quantitative estimate of drug-likeness (QED) is 0.457. The molecule has 14 heavy (non-hydrogen) atoms. The summed E-state index contributed by atoms with van der Waals surface area (Å²) in [7, 11) is 0. The molecule has 2 aliphatic rings. The molecule has 2 heterocycles. The van der Waals surface area contributed by atoms with Crippen molar-refractivity contribution in [3.8, 4) is 0 Å². The van der Waals surface area contributed by atoms with Crippen LogP contribution >= 0.6 is 0 Å². The number of aliphatic hydroxyl groups excluding tert-OH is 2. The van der Waals surface area contributed by atoms with Crippen molar-refractivity contribution in [2.24, 2.45) is 0 Å². The van der Waals surface area contributed by atoms with Crippen LogP contribution < -0.4 is 5.32 Å². The van der Waals surface area contributed by atoms with Crippen LogP contribution in [0, 0.1) is 0 Å². The first kappa shape index (κ1) is 9.85. The van der Waals surface area contributed by atoms with Gasteiger partial charge in [0.25, 0.3) is 0 Å². The Kier molecular flexibility index (Phi) is 2.44. The second-order valence-corrected chi connectivity index (χ2v) is 3.58. The molecule has 3 N–H and O–H groups in total. The lowest BCUT2D eigenvalue weighted by molar-refractivity contribution is -0.133. The largest absolute Gasteiger partial charge is 0.388 e. The summed E-state index contributed by atoms with van der Waals surface area (Å²) in [5, 5.41) is 21.4. The Hall–Kier alpha value is -0.690. The molecule has 5 atom stereocenters. The van der Waals surface area contributed by atoms with Crippen LogP contribution in [0.4, 0.5) is 0 Å². The summed E-state index contributed by atoms with van der Waals surface area (Å²) >= 11 is 0. The van der Waals surface area contributed by atoms with Gasteiger partial charge in [-0.05, 0) is 0 Å². The van der Waals surface area contributed by atoms with Gasteiger partial charge in [-0.25, -0.2) is 0 Å². The van der Waals surface area contributed by atoms with Crippen molar-refractivity contribution in [2.75, 3.05) is 6.61 Å². The van der Waals surface area contributed by atoms with E-state index in [-0.39, 0.29) is 12.5 Å². The van der Waals surface area contributed by atoms with Gasteiger partial charge in [0.15, 0.2) is 6.29 Å². The molecule has 2 fully saturated rings. The molecule has 0 aromatic carbocycles. The van der Waals surface area contributed by atoms with Gasteiger partial charge in [-0.3, -0.25) is 4.79 Å². The molecule has 6 nitrogen and oxygen atoms in total. The number of fused-ring (bicyclic) bond motifs is 1. The second-order valence-electron chi connectivity index (χ2n) is 3.58. The van der Waals surface area contributed by atoms with Crippen LogP contribution in [0.15, 0.2) is 0 Å². The van der Waals surface area contributed by atoms with E-state index in [1.807, 2.05) is 0 Å². The van der Waals surface area contributed by atoms with E-state index in [1.54, 1.807) is 0 Å². The fourth-order valence-corrected chi connectivity index (χ4v) is 1.89. The highest BCUT2D eigenvalue weighted by Gasteiger charge is 2.52. The van der Waals surface area contributed by atoms with Crippen molar-refractivity contribution in [2.45, 2.75) is 37.6 Å². The van der Waals surface area contributed by atoms with Crippen LogP contribution in [0.2, 0.25) is 0 Å². The zero-order valence-corrected chi connectivity index (χ0v) is 7.71. The van der Waals surface area contributed by atoms with Crippen molar-refractivity contribution >= 4 is 5.91 Å². The van der Waals surface area contributed by atoms with Crippen LogP contribution in [0.3, 0.4) is 0 Å². The van der Waals surface area contributed by atoms with Crippen molar-refractivity contribution in [3.05, 3.63) is 0 Å². The van der Waals surface area contributed by atoms with E-state index in [9.17, 15) is 15.0 Å². The maximum atomic E-state index is 10.8. The fraction of sp³-hybridized carbons (Fsp3) is 0.875. The minimum atomic E-state index is -1.11. The van der Waals surface area contributed by atoms with Gasteiger partial charge in [0.1, 0.15) is 24.4 Å². The molecule has 0 spiro atoms. The third kappa shape index (κ3) is 1.50. The number of carbonyl (C=O) groups excluding carboxylic acids is 1. The number of amides is 1. The first-order valence-corrected chi connectivity index (χ1v) is 4.50. The molecule has 0 bridgehead atoms. The molecular weight excluding hydrogens is 190 g/mol. The van der Waals surface area contributed by atoms with Gasteiger partial charge in [0.05, 0.1) is 6.61 Å². The topological polar surface area (TPSA) is 88.0 Å². The van der Waals surface area contributed by atoms with Crippen molar-refractivity contribution in [3.63, 3.8) is 0 Å². The van der Waals surface area contributed by atoms with Crippen LogP contribution in [-0.2, 0) is 14.3 Å². The van der Waals surface area contributed by atoms with Crippen molar-refractivity contribution in [1.29, 1.82) is 0 Å². The van der Waals surface area contributed by atoms with Gasteiger partial charge in [-0.15, -0.1) is 0 Å². The first-order valence-electron chi connectivity index (χ1n) is 4.50. The number of ether oxygens (including phenoxy) is 2. The van der Waals surface area contributed by atoms with E-state index >= 15 is 0 Å². The Morgan fingerprint density at radius 1 is 1.43 bits per heavy atom. The molecule has 80 valence electrons. The molecule has 0 aromatic rings. The lowest BCUT2D eigenvalue weighted by atomic mass is 10.1. The SMILES string of the molecule is CC(=O)N[C@@H]1C(O)O[C@H]2[C@@H]1OC[C@H]2O. The summed E-state index contributed by atoms with van der Waals surface area (Å²) in [5.41, 5.74) is 0. The smallest absolute Gasteiger partial charge is 0.217 e. The minimum absolute atomic E-state index is 0.179. The molecule has 1 amide bonds. The Balaban J connectivity index is 2.07. The standard InChI is InChI=1S/C8H13NO5/c1-3(10)9-5-7-6(14-8(5)12)4(11)2-13-7/h4-8,11-12H,2H2,1H3,(H,9,10)/t4-,5+,6-,7-,8?/m1/s1. The summed E-state index contributed by atoms with van der Waals surface area (Å²) < 4.78 is 10.3. The average Bonchev–Trinajstić information content (AvgIpc) is 2.57. The van der Waals surface area contributed by atoms with Gasteiger partial charge in [-0.1, -0.05) is 0 Å². The summed E-state index contributed by atoms with van der Waals surface area (Å²) in [4.78, 5) is 10.8. The van der Waals surface area contributed by atoms with Gasteiger partial charge in [0.2, 0.25) is 5.91 Å². The molecule has 0 saturated carbocycles. The first-order chi connectivity index (χ1) is 6.59. The number of nitrogens with one attached hydrogen (secondary N) is 1. The van der Waals surface area contributed by atoms with Crippen LogP contribution in [-0.4, -0.2) is 53.4 Å². The number of hydrogen-bond acceptors (Lipinski definition) is 5. The van der Waals surface area contributed by atoms with E-state index in [1.165, 1.54) is 6.92 Å². The third-order valence-electron chi connectivity index (χ3n) is 2.49. The van der Waals surface area contributed by atoms with E-state index in [4.69, 9.17) is 9.47 Å². The molecule has 6 heteroatoms. The molecule has 0 radical (unpaired) electrons. The van der Waals surface area contributed by atoms with Crippen molar-refractivity contribution in [1.82, 2.24) is 5.32 Å². The molecule has 2 aliphatic heterocycles. The highest BCUT2D eigenvalue weighted by atomic mass is 16.7. The molecule has 0 aliphatic carbocycles. The number of aliphatic hydroxyl groups is 2. The lowest BCUT2D eigenvalue weighted by Crippen LogP contribution is -2.46. The van der Waals surface area contributed by atoms with Crippen LogP contribution in [0.25, 0.3) is 0 Å². The minimum Gasteiger partial charge on any atom is -0.388 e. The maximum Gasteiger partial charge on any atom is 0.217 e. The second kappa shape index (κ2) is 3.47. The summed E-state index contributed by atoms with van der Waals surface area (Å²) in [6.45, 7) is 1.53. The zero-order valence-electron chi connectivity index (χ0n) is 7.71. The van der Waals surface area contributed by atoms with Gasteiger partial charge in [-0.2, -0.15) is 0 Å². The summed E-state index contributed by atoms with van der Waals surface area (Å²) in [6, 6.07) is -0.588. The monoisotopic (exact) mass is 203 g/mol. The maximum absolute atomic E-state index is 10.8. The van der Waals surface area contributed by atoms with Gasteiger partial charge >= 0.3 is 0 Å².